The van der Waals surface area contributed by atoms with E-state index in [4.69, 9.17) is 18.0 Å². The number of thiophene rings is 1. The molecule has 1 aromatic heterocycles. The van der Waals surface area contributed by atoms with Gasteiger partial charge in [0.25, 0.3) is 0 Å². The van der Waals surface area contributed by atoms with E-state index in [-0.39, 0.29) is 0 Å². The van der Waals surface area contributed by atoms with E-state index in [2.05, 4.69) is 24.2 Å². The van der Waals surface area contributed by atoms with Crippen LogP contribution >= 0.6 is 22.9 Å². The van der Waals surface area contributed by atoms with Crippen molar-refractivity contribution in [2.45, 2.75) is 38.6 Å². The van der Waals surface area contributed by atoms with Crippen LogP contribution in [0.25, 0.3) is 0 Å². The first-order chi connectivity index (χ1) is 7.77. The largest absolute Gasteiger partial charge is 0.309 e. The normalized spacial score (nSPS) is 12.3. The molecule has 1 aromatic rings. The summed E-state index contributed by atoms with van der Waals surface area (Å²) in [4.78, 5) is 1.32. The van der Waals surface area contributed by atoms with Gasteiger partial charge in [0, 0.05) is 17.3 Å². The summed E-state index contributed by atoms with van der Waals surface area (Å²) in [6, 6.07) is 4.50. The number of terminal acetylenes is 1. The molecule has 88 valence electrons. The summed E-state index contributed by atoms with van der Waals surface area (Å²) in [5.74, 6) is 2.66. The molecule has 0 radical (unpaired) electrons. The first-order valence-electron chi connectivity index (χ1n) is 5.70. The molecule has 16 heavy (non-hydrogen) atoms. The molecule has 0 aliphatic rings. The highest BCUT2D eigenvalue weighted by atomic mass is 35.5. The number of hydrogen-bond acceptors (Lipinski definition) is 2. The first-order valence-corrected chi connectivity index (χ1v) is 6.89. The molecular weight excluding hydrogens is 238 g/mol. The number of nitrogens with one attached hydrogen (secondary N) is 1. The number of hydrogen-bond donors (Lipinski definition) is 1. The first kappa shape index (κ1) is 13.6. The highest BCUT2D eigenvalue weighted by molar-refractivity contribution is 7.16. The van der Waals surface area contributed by atoms with Gasteiger partial charge in [0.15, 0.2) is 0 Å². The molecule has 0 aliphatic heterocycles. The van der Waals surface area contributed by atoms with E-state index in [0.29, 0.717) is 6.04 Å². The van der Waals surface area contributed by atoms with Gasteiger partial charge < -0.3 is 5.32 Å². The Labute approximate surface area is 107 Å². The molecule has 0 saturated carbocycles. The molecule has 0 bridgehead atoms. The summed E-state index contributed by atoms with van der Waals surface area (Å²) in [6.07, 6.45) is 9.42. The Morgan fingerprint density at radius 2 is 2.31 bits per heavy atom. The van der Waals surface area contributed by atoms with Crippen molar-refractivity contribution in [3.8, 4) is 12.3 Å². The third kappa shape index (κ3) is 4.57. The van der Waals surface area contributed by atoms with Gasteiger partial charge in [-0.3, -0.25) is 0 Å². The summed E-state index contributed by atoms with van der Waals surface area (Å²) >= 11 is 7.59. The molecule has 1 nitrogen and oxygen atoms in total. The lowest BCUT2D eigenvalue weighted by Crippen LogP contribution is -2.20. The van der Waals surface area contributed by atoms with Gasteiger partial charge in [0.05, 0.1) is 4.34 Å². The zero-order chi connectivity index (χ0) is 11.8. The SMILES string of the molecule is C#CCCCCNC(CC)c1ccc(Cl)s1. The molecule has 0 aromatic carbocycles. The second kappa shape index (κ2) is 7.73. The van der Waals surface area contributed by atoms with Crippen LogP contribution in [0.3, 0.4) is 0 Å². The van der Waals surface area contributed by atoms with Crippen LogP contribution in [0.15, 0.2) is 12.1 Å². The van der Waals surface area contributed by atoms with Crippen molar-refractivity contribution < 1.29 is 0 Å². The predicted molar refractivity (Wildman–Crippen MR) is 73.0 cm³/mol. The minimum Gasteiger partial charge on any atom is -0.309 e. The maximum absolute atomic E-state index is 5.93. The van der Waals surface area contributed by atoms with E-state index in [1.807, 2.05) is 6.07 Å². The Balaban J connectivity index is 2.30. The van der Waals surface area contributed by atoms with Crippen molar-refractivity contribution in [1.82, 2.24) is 5.32 Å². The molecule has 1 heterocycles. The van der Waals surface area contributed by atoms with Gasteiger partial charge in [-0.2, -0.15) is 0 Å². The van der Waals surface area contributed by atoms with E-state index >= 15 is 0 Å². The van der Waals surface area contributed by atoms with Gasteiger partial charge in [-0.15, -0.1) is 23.7 Å². The highest BCUT2D eigenvalue weighted by Crippen LogP contribution is 2.28. The summed E-state index contributed by atoms with van der Waals surface area (Å²) in [5.41, 5.74) is 0. The van der Waals surface area contributed by atoms with E-state index in [1.54, 1.807) is 11.3 Å². The second-order valence-electron chi connectivity index (χ2n) is 3.72. The third-order valence-corrected chi connectivity index (χ3v) is 3.83. The van der Waals surface area contributed by atoms with Crippen molar-refractivity contribution in [3.05, 3.63) is 21.3 Å². The molecule has 1 rings (SSSR count). The monoisotopic (exact) mass is 255 g/mol. The lowest BCUT2D eigenvalue weighted by atomic mass is 10.1. The van der Waals surface area contributed by atoms with Crippen LogP contribution in [-0.4, -0.2) is 6.54 Å². The number of unbranched alkanes of at least 4 members (excludes halogenated alkanes) is 2. The second-order valence-corrected chi connectivity index (χ2v) is 5.46. The van der Waals surface area contributed by atoms with Gasteiger partial charge in [-0.25, -0.2) is 0 Å². The molecule has 1 N–H and O–H groups in total. The molecule has 0 aliphatic carbocycles. The summed E-state index contributed by atoms with van der Waals surface area (Å²) in [7, 11) is 0. The Bertz CT molecular complexity index is 340. The average Bonchev–Trinajstić information content (AvgIpc) is 2.70. The van der Waals surface area contributed by atoms with Gasteiger partial charge in [-0.05, 0) is 37.9 Å². The Morgan fingerprint density at radius 1 is 1.50 bits per heavy atom. The van der Waals surface area contributed by atoms with Crippen molar-refractivity contribution in [1.29, 1.82) is 0 Å². The number of rotatable bonds is 7. The van der Waals surface area contributed by atoms with Gasteiger partial charge in [0.1, 0.15) is 0 Å². The van der Waals surface area contributed by atoms with Crippen LogP contribution in [0.4, 0.5) is 0 Å². The van der Waals surface area contributed by atoms with Crippen LogP contribution in [0, 0.1) is 12.3 Å². The van der Waals surface area contributed by atoms with Gasteiger partial charge in [-0.1, -0.05) is 18.5 Å². The van der Waals surface area contributed by atoms with Crippen molar-refractivity contribution in [2.75, 3.05) is 6.54 Å². The summed E-state index contributed by atoms with van der Waals surface area (Å²) in [5, 5.41) is 3.54. The fourth-order valence-electron chi connectivity index (χ4n) is 1.59. The van der Waals surface area contributed by atoms with Crippen LogP contribution in [0.2, 0.25) is 4.34 Å². The molecule has 0 spiro atoms. The third-order valence-electron chi connectivity index (χ3n) is 2.48. The Hall–Kier alpha value is -0.490. The highest BCUT2D eigenvalue weighted by Gasteiger charge is 2.10. The maximum Gasteiger partial charge on any atom is 0.0931 e. The molecule has 3 heteroatoms. The smallest absolute Gasteiger partial charge is 0.0931 e. The van der Waals surface area contributed by atoms with Crippen molar-refractivity contribution in [3.63, 3.8) is 0 Å². The minimum absolute atomic E-state index is 0.434. The molecular formula is C13H18ClNS. The van der Waals surface area contributed by atoms with E-state index in [9.17, 15) is 0 Å². The molecule has 0 saturated heterocycles. The van der Waals surface area contributed by atoms with E-state index in [0.717, 1.165) is 36.6 Å². The average molecular weight is 256 g/mol. The van der Waals surface area contributed by atoms with Crippen LogP contribution in [0.1, 0.15) is 43.5 Å². The van der Waals surface area contributed by atoms with E-state index < -0.39 is 0 Å². The molecule has 0 amide bonds. The lowest BCUT2D eigenvalue weighted by Gasteiger charge is -2.14. The zero-order valence-electron chi connectivity index (χ0n) is 9.63. The molecule has 1 unspecified atom stereocenters. The maximum atomic E-state index is 5.93. The topological polar surface area (TPSA) is 12.0 Å². The van der Waals surface area contributed by atoms with Gasteiger partial charge in [0.2, 0.25) is 0 Å². The zero-order valence-corrected chi connectivity index (χ0v) is 11.2. The van der Waals surface area contributed by atoms with Crippen molar-refractivity contribution in [2.24, 2.45) is 0 Å². The van der Waals surface area contributed by atoms with Crippen LogP contribution in [-0.2, 0) is 0 Å². The molecule has 1 atom stereocenters. The molecule has 0 fully saturated rings. The summed E-state index contributed by atoms with van der Waals surface area (Å²) < 4.78 is 0.864. The quantitative estimate of drug-likeness (QED) is 0.568. The number of halogens is 1. The summed E-state index contributed by atoms with van der Waals surface area (Å²) in [6.45, 7) is 3.21. The van der Waals surface area contributed by atoms with Crippen LogP contribution < -0.4 is 5.32 Å². The lowest BCUT2D eigenvalue weighted by molar-refractivity contribution is 0.511. The van der Waals surface area contributed by atoms with Crippen LogP contribution in [0.5, 0.6) is 0 Å². The van der Waals surface area contributed by atoms with Crippen molar-refractivity contribution >= 4 is 22.9 Å². The predicted octanol–water partition coefficient (Wildman–Crippen LogP) is 4.25. The van der Waals surface area contributed by atoms with Gasteiger partial charge >= 0.3 is 0 Å². The fourth-order valence-corrected chi connectivity index (χ4v) is 2.81. The standard InChI is InChI=1S/C13H18ClNS/c1-3-5-6-7-10-15-11(4-2)12-8-9-13(14)16-12/h1,8-9,11,15H,4-7,10H2,2H3. The minimum atomic E-state index is 0.434. The van der Waals surface area contributed by atoms with E-state index in [1.165, 1.54) is 4.88 Å². The Kier molecular flexibility index (Phi) is 6.56. The Morgan fingerprint density at radius 3 is 2.88 bits per heavy atom. The fraction of sp³-hybridized carbons (Fsp3) is 0.538.